The number of allylic oxidation sites excluding steroid dienone is 1. The lowest BCUT2D eigenvalue weighted by Crippen LogP contribution is -1.97. The van der Waals surface area contributed by atoms with Crippen molar-refractivity contribution in [1.29, 1.82) is 0 Å². The Kier molecular flexibility index (Phi) is 4.85. The third-order valence-corrected chi connectivity index (χ3v) is 3.08. The first-order chi connectivity index (χ1) is 10.5. The number of carbonyl (C=O) groups is 1. The van der Waals surface area contributed by atoms with E-state index >= 15 is 0 Å². The summed E-state index contributed by atoms with van der Waals surface area (Å²) in [6, 6.07) is 9.31. The van der Waals surface area contributed by atoms with Gasteiger partial charge in [0.2, 0.25) is 0 Å². The van der Waals surface area contributed by atoms with E-state index in [1.807, 2.05) is 0 Å². The van der Waals surface area contributed by atoms with E-state index in [4.69, 9.17) is 11.6 Å². The van der Waals surface area contributed by atoms with Gasteiger partial charge in [0.05, 0.1) is 4.92 Å². The highest BCUT2D eigenvalue weighted by Gasteiger charge is 2.12. The summed E-state index contributed by atoms with van der Waals surface area (Å²) in [6.07, 6.45) is 2.59. The van der Waals surface area contributed by atoms with Crippen LogP contribution in [0.15, 0.2) is 54.7 Å². The fourth-order valence-corrected chi connectivity index (χ4v) is 1.85. The number of benzene rings is 2. The fraction of sp³-hybridized carbons (Fsp3) is 0. The van der Waals surface area contributed by atoms with Crippen LogP contribution in [0, 0.1) is 15.9 Å². The number of nitro benzene ring substituents is 1. The third-order valence-electron chi connectivity index (χ3n) is 2.76. The molecular formula is C15H10ClFN2O3. The molecule has 2 aromatic rings. The molecule has 0 radical (unpaired) electrons. The molecule has 0 aliphatic heterocycles. The number of hydrogen-bond acceptors (Lipinski definition) is 4. The first-order valence-corrected chi connectivity index (χ1v) is 6.52. The summed E-state index contributed by atoms with van der Waals surface area (Å²) in [4.78, 5) is 22.0. The lowest BCUT2D eigenvalue weighted by Gasteiger charge is -2.02. The van der Waals surface area contributed by atoms with Crippen LogP contribution >= 0.6 is 11.6 Å². The van der Waals surface area contributed by atoms with Crippen molar-refractivity contribution < 1.29 is 14.1 Å². The van der Waals surface area contributed by atoms with E-state index in [9.17, 15) is 19.3 Å². The smallest absolute Gasteiger partial charge is 0.289 e. The van der Waals surface area contributed by atoms with Crippen LogP contribution in [0.25, 0.3) is 0 Å². The van der Waals surface area contributed by atoms with Gasteiger partial charge in [-0.2, -0.15) is 0 Å². The average molecular weight is 321 g/mol. The number of rotatable bonds is 5. The van der Waals surface area contributed by atoms with E-state index in [0.29, 0.717) is 11.3 Å². The Bertz CT molecular complexity index is 745. The van der Waals surface area contributed by atoms with Crippen LogP contribution in [0.3, 0.4) is 0 Å². The number of anilines is 1. The Balaban J connectivity index is 2.06. The van der Waals surface area contributed by atoms with Crippen molar-refractivity contribution in [2.45, 2.75) is 0 Å². The third kappa shape index (κ3) is 3.89. The summed E-state index contributed by atoms with van der Waals surface area (Å²) in [6.45, 7) is 0. The van der Waals surface area contributed by atoms with Gasteiger partial charge >= 0.3 is 0 Å². The van der Waals surface area contributed by atoms with E-state index in [1.165, 1.54) is 48.7 Å². The standard InChI is InChI=1S/C15H10ClFN2O3/c16-13-6-5-12(9-14(13)19(21)22)18-8-7-15(20)10-1-3-11(17)4-2-10/h1-9,18H. The molecular weight excluding hydrogens is 311 g/mol. The van der Waals surface area contributed by atoms with Gasteiger partial charge in [0, 0.05) is 29.6 Å². The number of hydrogen-bond donors (Lipinski definition) is 1. The van der Waals surface area contributed by atoms with Crippen molar-refractivity contribution in [3.05, 3.63) is 81.3 Å². The maximum Gasteiger partial charge on any atom is 0.289 e. The van der Waals surface area contributed by atoms with Gasteiger partial charge < -0.3 is 5.32 Å². The second-order valence-corrected chi connectivity index (χ2v) is 4.68. The molecule has 0 unspecified atom stereocenters. The van der Waals surface area contributed by atoms with Gasteiger partial charge in [0.25, 0.3) is 5.69 Å². The number of carbonyl (C=O) groups excluding carboxylic acids is 1. The van der Waals surface area contributed by atoms with Crippen LogP contribution in [0.4, 0.5) is 15.8 Å². The molecule has 112 valence electrons. The van der Waals surface area contributed by atoms with Crippen molar-refractivity contribution in [1.82, 2.24) is 0 Å². The minimum atomic E-state index is -0.596. The monoisotopic (exact) mass is 320 g/mol. The van der Waals surface area contributed by atoms with E-state index in [0.717, 1.165) is 0 Å². The molecule has 0 saturated heterocycles. The maximum absolute atomic E-state index is 12.8. The zero-order valence-corrected chi connectivity index (χ0v) is 11.9. The van der Waals surface area contributed by atoms with Crippen LogP contribution < -0.4 is 5.32 Å². The molecule has 7 heteroatoms. The summed E-state index contributed by atoms with van der Waals surface area (Å²) in [5.41, 5.74) is 0.519. The summed E-state index contributed by atoms with van der Waals surface area (Å²) in [5.74, 6) is -0.747. The quantitative estimate of drug-likeness (QED) is 0.388. The van der Waals surface area contributed by atoms with Gasteiger partial charge in [0.15, 0.2) is 5.78 Å². The first kappa shape index (κ1) is 15.7. The highest BCUT2D eigenvalue weighted by molar-refractivity contribution is 6.32. The van der Waals surface area contributed by atoms with E-state index in [-0.39, 0.29) is 16.5 Å². The van der Waals surface area contributed by atoms with Crippen LogP contribution in [0.1, 0.15) is 10.4 Å². The van der Waals surface area contributed by atoms with E-state index in [1.54, 1.807) is 6.07 Å². The lowest BCUT2D eigenvalue weighted by atomic mass is 10.1. The molecule has 0 aliphatic carbocycles. The topological polar surface area (TPSA) is 72.2 Å². The molecule has 2 rings (SSSR count). The Morgan fingerprint density at radius 3 is 2.55 bits per heavy atom. The van der Waals surface area contributed by atoms with Gasteiger partial charge in [-0.25, -0.2) is 4.39 Å². The molecule has 0 aliphatic rings. The summed E-state index contributed by atoms with van der Waals surface area (Å²) < 4.78 is 12.8. The summed E-state index contributed by atoms with van der Waals surface area (Å²) in [5, 5.41) is 13.5. The number of nitrogens with zero attached hydrogens (tertiary/aromatic N) is 1. The van der Waals surface area contributed by atoms with Crippen molar-refractivity contribution in [2.24, 2.45) is 0 Å². The highest BCUT2D eigenvalue weighted by atomic mass is 35.5. The molecule has 0 heterocycles. The molecule has 0 bridgehead atoms. The molecule has 5 nitrogen and oxygen atoms in total. The minimum Gasteiger partial charge on any atom is -0.361 e. The molecule has 0 saturated carbocycles. The number of ketones is 1. The first-order valence-electron chi connectivity index (χ1n) is 6.14. The minimum absolute atomic E-state index is 0.0296. The lowest BCUT2D eigenvalue weighted by molar-refractivity contribution is -0.384. The SMILES string of the molecule is O=C(C=CNc1ccc(Cl)c([N+](=O)[O-])c1)c1ccc(F)cc1. The molecule has 0 atom stereocenters. The second-order valence-electron chi connectivity index (χ2n) is 4.27. The predicted octanol–water partition coefficient (Wildman–Crippen LogP) is 4.20. The van der Waals surface area contributed by atoms with Crippen molar-refractivity contribution in [3.8, 4) is 0 Å². The number of nitrogens with one attached hydrogen (secondary N) is 1. The summed E-state index contributed by atoms with van der Waals surface area (Å²) in [7, 11) is 0. The molecule has 2 aromatic carbocycles. The van der Waals surface area contributed by atoms with Crippen molar-refractivity contribution in [2.75, 3.05) is 5.32 Å². The van der Waals surface area contributed by atoms with Crippen LogP contribution in [0.5, 0.6) is 0 Å². The molecule has 0 amide bonds. The van der Waals surface area contributed by atoms with Crippen LogP contribution in [0.2, 0.25) is 5.02 Å². The highest BCUT2D eigenvalue weighted by Crippen LogP contribution is 2.27. The Labute approximate surface area is 130 Å². The predicted molar refractivity (Wildman–Crippen MR) is 81.6 cm³/mol. The fourth-order valence-electron chi connectivity index (χ4n) is 1.67. The van der Waals surface area contributed by atoms with E-state index < -0.39 is 10.7 Å². The van der Waals surface area contributed by atoms with Gasteiger partial charge in [-0.3, -0.25) is 14.9 Å². The largest absolute Gasteiger partial charge is 0.361 e. The zero-order valence-electron chi connectivity index (χ0n) is 11.1. The van der Waals surface area contributed by atoms with Crippen LogP contribution in [-0.4, -0.2) is 10.7 Å². The number of nitro groups is 1. The normalized spacial score (nSPS) is 10.6. The van der Waals surface area contributed by atoms with Gasteiger partial charge in [-0.15, -0.1) is 0 Å². The van der Waals surface area contributed by atoms with Gasteiger partial charge in [-0.05, 0) is 36.4 Å². The molecule has 0 fully saturated rings. The van der Waals surface area contributed by atoms with Gasteiger partial charge in [0.1, 0.15) is 10.8 Å². The molecule has 22 heavy (non-hydrogen) atoms. The van der Waals surface area contributed by atoms with Crippen molar-refractivity contribution >= 4 is 28.8 Å². The van der Waals surface area contributed by atoms with Gasteiger partial charge in [-0.1, -0.05) is 11.6 Å². The number of halogens is 2. The maximum atomic E-state index is 12.8. The molecule has 1 N–H and O–H groups in total. The average Bonchev–Trinajstić information content (AvgIpc) is 2.49. The summed E-state index contributed by atoms with van der Waals surface area (Å²) >= 11 is 5.70. The Morgan fingerprint density at radius 2 is 1.91 bits per heavy atom. The molecule has 0 spiro atoms. The Hall–Kier alpha value is -2.73. The van der Waals surface area contributed by atoms with E-state index in [2.05, 4.69) is 5.32 Å². The Morgan fingerprint density at radius 1 is 1.23 bits per heavy atom. The van der Waals surface area contributed by atoms with Crippen LogP contribution in [-0.2, 0) is 0 Å². The van der Waals surface area contributed by atoms with Crippen molar-refractivity contribution in [3.63, 3.8) is 0 Å². The second kappa shape index (κ2) is 6.82. The zero-order chi connectivity index (χ0) is 16.1. The molecule has 0 aromatic heterocycles.